The normalized spacial score (nSPS) is 10.9. The molecule has 0 saturated carbocycles. The van der Waals surface area contributed by atoms with Gasteiger partial charge in [0.25, 0.3) is 0 Å². The molecule has 1 aromatic heterocycles. The summed E-state index contributed by atoms with van der Waals surface area (Å²) in [6.07, 6.45) is 0. The third-order valence-electron chi connectivity index (χ3n) is 5.72. The topological polar surface area (TPSA) is 81.1 Å². The van der Waals surface area contributed by atoms with Crippen molar-refractivity contribution in [2.75, 3.05) is 23.5 Å². The smallest absolute Gasteiger partial charge is 0.234 e. The molecule has 0 aliphatic carbocycles. The molecule has 1 amide bonds. The van der Waals surface area contributed by atoms with Crippen molar-refractivity contribution < 1.29 is 13.9 Å². The molecule has 0 aliphatic rings. The lowest BCUT2D eigenvalue weighted by Gasteiger charge is -2.12. The molecule has 0 bridgehead atoms. The first kappa shape index (κ1) is 24.3. The Bertz CT molecular complexity index is 1520. The molecule has 186 valence electrons. The Morgan fingerprint density at radius 2 is 1.70 bits per heavy atom. The first-order valence-corrected chi connectivity index (χ1v) is 12.6. The van der Waals surface area contributed by atoms with Crippen molar-refractivity contribution in [3.8, 4) is 11.4 Å². The van der Waals surface area contributed by atoms with Gasteiger partial charge >= 0.3 is 0 Å². The number of amides is 1. The molecule has 2 N–H and O–H groups in total. The summed E-state index contributed by atoms with van der Waals surface area (Å²) < 4.78 is 20.4. The highest BCUT2D eigenvalue weighted by Gasteiger charge is 2.17. The van der Waals surface area contributed by atoms with Crippen molar-refractivity contribution in [3.63, 3.8) is 0 Å². The van der Waals surface area contributed by atoms with Gasteiger partial charge in [0, 0.05) is 22.4 Å². The fourth-order valence-electron chi connectivity index (χ4n) is 3.90. The average Bonchev–Trinajstić information content (AvgIpc) is 3.34. The molecule has 0 spiro atoms. The van der Waals surface area contributed by atoms with Gasteiger partial charge in [0.05, 0.1) is 19.4 Å². The van der Waals surface area contributed by atoms with E-state index in [1.165, 1.54) is 23.9 Å². The van der Waals surface area contributed by atoms with Crippen LogP contribution in [-0.4, -0.2) is 33.5 Å². The number of thioether (sulfide) groups is 1. The summed E-state index contributed by atoms with van der Waals surface area (Å²) in [5.74, 6) is 1.09. The number of carbonyl (C=O) groups is 1. The lowest BCUT2D eigenvalue weighted by molar-refractivity contribution is -0.113. The largest absolute Gasteiger partial charge is 0.497 e. The van der Waals surface area contributed by atoms with Crippen molar-refractivity contribution in [3.05, 3.63) is 103 Å². The van der Waals surface area contributed by atoms with Crippen molar-refractivity contribution in [2.45, 2.75) is 11.7 Å². The number of aromatic nitrogens is 3. The number of halogens is 1. The highest BCUT2D eigenvalue weighted by molar-refractivity contribution is 7.99. The highest BCUT2D eigenvalue weighted by atomic mass is 32.2. The summed E-state index contributed by atoms with van der Waals surface area (Å²) in [5, 5.41) is 17.6. The van der Waals surface area contributed by atoms with Crippen molar-refractivity contribution in [2.24, 2.45) is 0 Å². The quantitative estimate of drug-likeness (QED) is 0.239. The van der Waals surface area contributed by atoms with Gasteiger partial charge in [-0.15, -0.1) is 10.2 Å². The van der Waals surface area contributed by atoms with Gasteiger partial charge in [0.2, 0.25) is 5.91 Å². The maximum atomic E-state index is 13.3. The Morgan fingerprint density at radius 3 is 2.49 bits per heavy atom. The zero-order chi connectivity index (χ0) is 25.6. The van der Waals surface area contributed by atoms with Crippen LogP contribution >= 0.6 is 11.8 Å². The van der Waals surface area contributed by atoms with Crippen LogP contribution in [0.3, 0.4) is 0 Å². The number of nitrogens with zero attached hydrogens (tertiary/aromatic N) is 3. The predicted molar refractivity (Wildman–Crippen MR) is 145 cm³/mol. The van der Waals surface area contributed by atoms with E-state index in [1.807, 2.05) is 71.3 Å². The first-order valence-electron chi connectivity index (χ1n) is 11.6. The summed E-state index contributed by atoms with van der Waals surface area (Å²) in [6.45, 7) is 0.355. The second-order valence-corrected chi connectivity index (χ2v) is 9.10. The van der Waals surface area contributed by atoms with Crippen LogP contribution in [0.15, 0.2) is 96.2 Å². The number of hydrogen-bond donors (Lipinski definition) is 2. The minimum absolute atomic E-state index is 0.142. The van der Waals surface area contributed by atoms with Gasteiger partial charge in [-0.25, -0.2) is 4.39 Å². The molecular weight excluding hydrogens is 489 g/mol. The zero-order valence-corrected chi connectivity index (χ0v) is 20.8. The van der Waals surface area contributed by atoms with Crippen LogP contribution in [0.25, 0.3) is 16.5 Å². The maximum Gasteiger partial charge on any atom is 0.234 e. The first-order chi connectivity index (χ1) is 18.1. The third kappa shape index (κ3) is 5.73. The van der Waals surface area contributed by atoms with Gasteiger partial charge in [-0.3, -0.25) is 9.36 Å². The van der Waals surface area contributed by atoms with E-state index in [-0.39, 0.29) is 17.5 Å². The zero-order valence-electron chi connectivity index (χ0n) is 20.0. The number of carbonyl (C=O) groups excluding carboxylic acids is 1. The molecule has 9 heteroatoms. The summed E-state index contributed by atoms with van der Waals surface area (Å²) in [4.78, 5) is 12.9. The van der Waals surface area contributed by atoms with Crippen molar-refractivity contribution in [1.82, 2.24) is 14.8 Å². The van der Waals surface area contributed by atoms with Crippen LogP contribution in [-0.2, 0) is 11.3 Å². The standard InChI is InChI=1S/C28H24FN5O2S/c1-36-23-15-13-22(14-16-23)34-26(17-30-21-11-9-20(29)10-12-21)32-33-28(34)37-18-27(35)31-25-8-4-6-19-5-2-3-7-24(19)25/h2-16,30H,17-18H2,1H3,(H,31,35). The van der Waals surface area contributed by atoms with Crippen LogP contribution < -0.4 is 15.4 Å². The minimum atomic E-state index is -0.299. The molecule has 0 atom stereocenters. The van der Waals surface area contributed by atoms with Crippen LogP contribution in [0.2, 0.25) is 0 Å². The second kappa shape index (κ2) is 11.1. The molecule has 0 saturated heterocycles. The summed E-state index contributed by atoms with van der Waals surface area (Å²) in [7, 11) is 1.61. The SMILES string of the molecule is COc1ccc(-n2c(CNc3ccc(F)cc3)nnc2SCC(=O)Nc2cccc3ccccc23)cc1. The van der Waals surface area contributed by atoms with Crippen LogP contribution in [0.5, 0.6) is 5.75 Å². The van der Waals surface area contributed by atoms with Crippen LogP contribution in [0.1, 0.15) is 5.82 Å². The molecule has 4 aromatic carbocycles. The Morgan fingerprint density at radius 1 is 0.946 bits per heavy atom. The fraction of sp³-hybridized carbons (Fsp3) is 0.107. The summed E-state index contributed by atoms with van der Waals surface area (Å²) in [6, 6.07) is 27.4. The Kier molecular flexibility index (Phi) is 7.32. The predicted octanol–water partition coefficient (Wildman–Crippen LogP) is 5.91. The second-order valence-electron chi connectivity index (χ2n) is 8.16. The fourth-order valence-corrected chi connectivity index (χ4v) is 4.67. The number of benzene rings is 4. The van der Waals surface area contributed by atoms with Gasteiger partial charge in [-0.2, -0.15) is 0 Å². The van der Waals surface area contributed by atoms with E-state index in [2.05, 4.69) is 20.8 Å². The van der Waals surface area contributed by atoms with E-state index >= 15 is 0 Å². The molecule has 0 radical (unpaired) electrons. The Balaban J connectivity index is 1.34. The van der Waals surface area contributed by atoms with Gasteiger partial charge in [-0.1, -0.05) is 48.2 Å². The molecule has 7 nitrogen and oxygen atoms in total. The van der Waals surface area contributed by atoms with E-state index in [0.717, 1.165) is 33.6 Å². The molecule has 0 unspecified atom stereocenters. The highest BCUT2D eigenvalue weighted by Crippen LogP contribution is 2.26. The summed E-state index contributed by atoms with van der Waals surface area (Å²) in [5.41, 5.74) is 2.36. The van der Waals surface area contributed by atoms with Gasteiger partial charge in [0.1, 0.15) is 11.6 Å². The average molecular weight is 514 g/mol. The Labute approximate surface area is 217 Å². The van der Waals surface area contributed by atoms with Gasteiger partial charge in [-0.05, 0) is 60.0 Å². The Hall–Kier alpha value is -4.37. The molecule has 37 heavy (non-hydrogen) atoms. The third-order valence-corrected chi connectivity index (χ3v) is 6.65. The number of rotatable bonds is 9. The lowest BCUT2D eigenvalue weighted by Crippen LogP contribution is -2.15. The number of ether oxygens (including phenoxy) is 1. The molecule has 0 fully saturated rings. The number of nitrogens with one attached hydrogen (secondary N) is 2. The van der Waals surface area contributed by atoms with Crippen LogP contribution in [0.4, 0.5) is 15.8 Å². The molecule has 5 aromatic rings. The number of anilines is 2. The molecule has 1 heterocycles. The van der Waals surface area contributed by atoms with Crippen molar-refractivity contribution in [1.29, 1.82) is 0 Å². The monoisotopic (exact) mass is 513 g/mol. The van der Waals surface area contributed by atoms with Crippen molar-refractivity contribution >= 4 is 39.8 Å². The van der Waals surface area contributed by atoms with Gasteiger partial charge in [0.15, 0.2) is 11.0 Å². The number of fused-ring (bicyclic) bond motifs is 1. The maximum absolute atomic E-state index is 13.3. The number of methoxy groups -OCH3 is 1. The van der Waals surface area contributed by atoms with E-state index in [0.29, 0.717) is 17.5 Å². The van der Waals surface area contributed by atoms with E-state index in [9.17, 15) is 9.18 Å². The molecular formula is C28H24FN5O2S. The van der Waals surface area contributed by atoms with Gasteiger partial charge < -0.3 is 15.4 Å². The minimum Gasteiger partial charge on any atom is -0.497 e. The van der Waals surface area contributed by atoms with E-state index in [4.69, 9.17) is 4.74 Å². The van der Waals surface area contributed by atoms with E-state index < -0.39 is 0 Å². The van der Waals surface area contributed by atoms with E-state index in [1.54, 1.807) is 19.2 Å². The summed E-state index contributed by atoms with van der Waals surface area (Å²) >= 11 is 1.30. The molecule has 0 aliphatic heterocycles. The molecule has 5 rings (SSSR count). The van der Waals surface area contributed by atoms with Crippen LogP contribution in [0, 0.1) is 5.82 Å². The number of hydrogen-bond acceptors (Lipinski definition) is 6. The lowest BCUT2D eigenvalue weighted by atomic mass is 10.1.